The van der Waals surface area contributed by atoms with Crippen molar-refractivity contribution in [3.63, 3.8) is 0 Å². The molecule has 0 spiro atoms. The van der Waals surface area contributed by atoms with Gasteiger partial charge in [0.25, 0.3) is 0 Å². The van der Waals surface area contributed by atoms with E-state index in [2.05, 4.69) is 7.14 Å². The average molecular weight is 152 g/mol. The van der Waals surface area contributed by atoms with Crippen LogP contribution in [0, 0.1) is 0 Å². The zero-order chi connectivity index (χ0) is 4.28. The van der Waals surface area contributed by atoms with Crippen LogP contribution in [0.3, 0.4) is 0 Å². The first-order chi connectivity index (χ1) is 2.27. The molecule has 28 valence electrons. The molecule has 4 heteroatoms. The standard InChI is InChI=1S/CH2AsO2P/c3-1(4)2-5/h2H,(H,3,4). The van der Waals surface area contributed by atoms with Crippen molar-refractivity contribution in [2.24, 2.45) is 0 Å². The summed E-state index contributed by atoms with van der Waals surface area (Å²) in [7, 11) is 3.54. The van der Waals surface area contributed by atoms with E-state index < -0.39 is 19.4 Å². The van der Waals surface area contributed by atoms with E-state index in [1.165, 1.54) is 0 Å². The summed E-state index contributed by atoms with van der Waals surface area (Å²) in [6.45, 7) is 0. The van der Waals surface area contributed by atoms with Crippen LogP contribution >= 0.6 is 7.14 Å². The molecule has 0 aliphatic rings. The van der Waals surface area contributed by atoms with Gasteiger partial charge in [0.2, 0.25) is 0 Å². The van der Waals surface area contributed by atoms with E-state index >= 15 is 0 Å². The molecule has 0 radical (unpaired) electrons. The summed E-state index contributed by atoms with van der Waals surface area (Å²) < 4.78 is -0.756. The second-order valence-electron chi connectivity index (χ2n) is 0.417. The molecule has 0 fully saturated rings. The van der Waals surface area contributed by atoms with Gasteiger partial charge in [0.15, 0.2) is 0 Å². The molecule has 0 rings (SSSR count). The first-order valence-electron chi connectivity index (χ1n) is 0.901. The van der Waals surface area contributed by atoms with Gasteiger partial charge in [0, 0.05) is 0 Å². The van der Waals surface area contributed by atoms with Gasteiger partial charge < -0.3 is 0 Å². The van der Waals surface area contributed by atoms with Crippen LogP contribution in [0.25, 0.3) is 0 Å². The van der Waals surface area contributed by atoms with Crippen molar-refractivity contribution in [3.05, 3.63) is 0 Å². The monoisotopic (exact) mass is 152 g/mol. The average Bonchev–Trinajstić information content (AvgIpc) is 1.38. The Morgan fingerprint density at radius 2 is 2.20 bits per heavy atom. The van der Waals surface area contributed by atoms with Crippen LogP contribution < -0.4 is 0 Å². The van der Waals surface area contributed by atoms with Crippen LogP contribution in [-0.4, -0.2) is 24.5 Å². The van der Waals surface area contributed by atoms with E-state index in [9.17, 15) is 4.79 Å². The van der Waals surface area contributed by atoms with Crippen molar-refractivity contribution in [3.8, 4) is 0 Å². The van der Waals surface area contributed by atoms with Crippen molar-refractivity contribution in [1.82, 2.24) is 0 Å². The van der Waals surface area contributed by atoms with Gasteiger partial charge in [-0.05, 0) is 0 Å². The van der Waals surface area contributed by atoms with Crippen LogP contribution in [0.4, 0.5) is 4.79 Å². The molecule has 5 heavy (non-hydrogen) atoms. The second kappa shape index (κ2) is 2.68. The van der Waals surface area contributed by atoms with Crippen LogP contribution in [0.5, 0.6) is 0 Å². The maximum atomic E-state index is 9.35. The fourth-order valence-corrected chi connectivity index (χ4v) is 0. The maximum absolute atomic E-state index is 9.35. The molecule has 1 unspecified atom stereocenters. The number of hydrogen-bond acceptors (Lipinski definition) is 1. The Morgan fingerprint density at radius 1 is 2.00 bits per heavy atom. The van der Waals surface area contributed by atoms with Gasteiger partial charge in [0.05, 0.1) is 0 Å². The normalized spacial score (nSPS) is 7.80. The molecule has 0 aromatic carbocycles. The van der Waals surface area contributed by atoms with E-state index in [-0.39, 0.29) is 0 Å². The molecule has 0 aliphatic carbocycles. The summed E-state index contributed by atoms with van der Waals surface area (Å²) in [6.07, 6.45) is 0. The van der Waals surface area contributed by atoms with Gasteiger partial charge >= 0.3 is 36.4 Å². The molecule has 1 atom stereocenters. The zero-order valence-corrected chi connectivity index (χ0v) is 5.30. The third-order valence-corrected chi connectivity index (χ3v) is 1.49. The van der Waals surface area contributed by atoms with Gasteiger partial charge in [-0.3, -0.25) is 0 Å². The third-order valence-electron chi connectivity index (χ3n) is 0.0956. The molecule has 0 aromatic rings. The van der Waals surface area contributed by atoms with E-state index in [0.717, 1.165) is 0 Å². The van der Waals surface area contributed by atoms with E-state index in [1.54, 1.807) is 0 Å². The summed E-state index contributed by atoms with van der Waals surface area (Å²) in [5.41, 5.74) is 0. The van der Waals surface area contributed by atoms with Crippen LogP contribution in [0.15, 0.2) is 0 Å². The summed E-state index contributed by atoms with van der Waals surface area (Å²) >= 11 is -0.944. The molecule has 0 saturated carbocycles. The molecule has 0 aliphatic heterocycles. The van der Waals surface area contributed by atoms with Crippen LogP contribution in [-0.2, 0) is 0 Å². The van der Waals surface area contributed by atoms with Crippen molar-refractivity contribution in [2.75, 3.05) is 0 Å². The van der Waals surface area contributed by atoms with Crippen LogP contribution in [0.2, 0.25) is 0 Å². The summed E-state index contributed by atoms with van der Waals surface area (Å²) in [5.74, 6) is 0. The van der Waals surface area contributed by atoms with E-state index in [1.807, 2.05) is 0 Å². The van der Waals surface area contributed by atoms with Crippen molar-refractivity contribution in [1.29, 1.82) is 0 Å². The molecule has 0 amide bonds. The fourth-order valence-electron chi connectivity index (χ4n) is 0. The van der Waals surface area contributed by atoms with Crippen molar-refractivity contribution < 1.29 is 9.90 Å². The first-order valence-corrected chi connectivity index (χ1v) is 5.21. The number of rotatable bonds is 0. The molecule has 1 N–H and O–H groups in total. The number of carbonyl (C=O) groups is 1. The van der Waals surface area contributed by atoms with Gasteiger partial charge in [-0.15, -0.1) is 0 Å². The number of carboxylic acid groups (broad SMARTS) is 1. The quantitative estimate of drug-likeness (QED) is 0.403. The Morgan fingerprint density at radius 3 is 2.20 bits per heavy atom. The van der Waals surface area contributed by atoms with Crippen molar-refractivity contribution in [2.45, 2.75) is 0 Å². The Balaban J connectivity index is 3.35. The molecule has 0 bridgehead atoms. The molecule has 0 saturated heterocycles. The summed E-state index contributed by atoms with van der Waals surface area (Å²) in [5, 5.41) is 7.70. The molecule has 2 nitrogen and oxygen atoms in total. The Bertz CT molecular complexity index is 82.1. The first kappa shape index (κ1) is 5.46. The minimum absolute atomic E-state index is 0.756. The van der Waals surface area contributed by atoms with Gasteiger partial charge in [-0.1, -0.05) is 0 Å². The molecule has 0 aromatic heterocycles. The van der Waals surface area contributed by atoms with Gasteiger partial charge in [0.1, 0.15) is 0 Å². The summed E-state index contributed by atoms with van der Waals surface area (Å²) in [6, 6.07) is 0. The number of hydrogen-bond donors (Lipinski definition) is 1. The van der Waals surface area contributed by atoms with Crippen molar-refractivity contribution >= 4 is 26.5 Å². The Labute approximate surface area is 37.1 Å². The predicted molar refractivity (Wildman–Crippen MR) is 22.1 cm³/mol. The Kier molecular flexibility index (Phi) is 2.93. The fraction of sp³-hybridized carbons (Fsp3) is 0. The summed E-state index contributed by atoms with van der Waals surface area (Å²) in [4.78, 5) is 9.35. The SMILES string of the molecule is O=C(O)[AsH]#P. The van der Waals surface area contributed by atoms with Crippen LogP contribution in [0.1, 0.15) is 0 Å². The third kappa shape index (κ3) is 4.46. The molecular formula is CH2AsO2P. The Hall–Kier alpha value is 0.458. The predicted octanol–water partition coefficient (Wildman–Crippen LogP) is 0.426. The topological polar surface area (TPSA) is 37.3 Å². The minimum atomic E-state index is -0.944. The molecular weight excluding hydrogens is 150 g/mol. The zero-order valence-electron chi connectivity index (χ0n) is 2.30. The van der Waals surface area contributed by atoms with Gasteiger partial charge in [-0.2, -0.15) is 0 Å². The second-order valence-corrected chi connectivity index (χ2v) is 2.95. The van der Waals surface area contributed by atoms with Gasteiger partial charge in [-0.25, -0.2) is 0 Å². The molecule has 0 heterocycles. The van der Waals surface area contributed by atoms with E-state index in [0.29, 0.717) is 0 Å². The van der Waals surface area contributed by atoms with E-state index in [4.69, 9.17) is 5.11 Å².